The molecule has 0 N–H and O–H groups in total. The van der Waals surface area contributed by atoms with Crippen molar-refractivity contribution >= 4 is 34.9 Å². The molecule has 2 aromatic rings. The molecule has 3 rings (SSSR count). The van der Waals surface area contributed by atoms with Crippen LogP contribution in [0, 0.1) is 5.82 Å². The van der Waals surface area contributed by atoms with E-state index in [9.17, 15) is 14.0 Å². The van der Waals surface area contributed by atoms with Gasteiger partial charge < -0.3 is 9.80 Å². The summed E-state index contributed by atoms with van der Waals surface area (Å²) in [6, 6.07) is 10.2. The molecule has 1 unspecified atom stereocenters. The molecule has 26 heavy (non-hydrogen) atoms. The molecule has 7 heteroatoms. The van der Waals surface area contributed by atoms with Gasteiger partial charge in [0.1, 0.15) is 11.2 Å². The smallest absolute Gasteiger partial charge is 0.264 e. The highest BCUT2D eigenvalue weighted by Gasteiger charge is 2.34. The zero-order valence-corrected chi connectivity index (χ0v) is 16.4. The number of amides is 2. The molecule has 0 radical (unpaired) electrons. The first-order chi connectivity index (χ1) is 12.5. The SMILES string of the molecule is CC(C)N(CCN1C(=O)CSC1c1ccccc1F)C(=O)c1cccs1. The predicted molar refractivity (Wildman–Crippen MR) is 104 cm³/mol. The van der Waals surface area contributed by atoms with Crippen LogP contribution in [0.3, 0.4) is 0 Å². The number of hydrogen-bond acceptors (Lipinski definition) is 4. The third kappa shape index (κ3) is 3.94. The summed E-state index contributed by atoms with van der Waals surface area (Å²) in [6.45, 7) is 4.73. The van der Waals surface area contributed by atoms with Crippen molar-refractivity contribution < 1.29 is 14.0 Å². The normalized spacial score (nSPS) is 17.2. The van der Waals surface area contributed by atoms with E-state index in [0.717, 1.165) is 0 Å². The Kier molecular flexibility index (Phi) is 5.98. The molecule has 0 bridgehead atoms. The maximum atomic E-state index is 14.2. The van der Waals surface area contributed by atoms with E-state index in [4.69, 9.17) is 0 Å². The van der Waals surface area contributed by atoms with Crippen LogP contribution in [0.1, 0.15) is 34.5 Å². The number of carbonyl (C=O) groups is 2. The molecule has 1 aromatic heterocycles. The lowest BCUT2D eigenvalue weighted by Gasteiger charge is -2.31. The molecular formula is C19H21FN2O2S2. The average Bonchev–Trinajstić information content (AvgIpc) is 3.26. The Morgan fingerprint density at radius 3 is 2.73 bits per heavy atom. The quantitative estimate of drug-likeness (QED) is 0.746. The summed E-state index contributed by atoms with van der Waals surface area (Å²) in [7, 11) is 0. The molecule has 1 atom stereocenters. The third-order valence-electron chi connectivity index (χ3n) is 4.34. The van der Waals surface area contributed by atoms with E-state index in [0.29, 0.717) is 29.3 Å². The number of benzene rings is 1. The lowest BCUT2D eigenvalue weighted by Crippen LogP contribution is -2.43. The van der Waals surface area contributed by atoms with Crippen molar-refractivity contribution in [2.45, 2.75) is 25.3 Å². The number of nitrogens with zero attached hydrogens (tertiary/aromatic N) is 2. The monoisotopic (exact) mass is 392 g/mol. The van der Waals surface area contributed by atoms with Gasteiger partial charge in [-0.2, -0.15) is 0 Å². The van der Waals surface area contributed by atoms with E-state index in [-0.39, 0.29) is 29.0 Å². The van der Waals surface area contributed by atoms with Crippen LogP contribution in [-0.4, -0.2) is 46.5 Å². The van der Waals surface area contributed by atoms with E-state index < -0.39 is 0 Å². The minimum atomic E-state index is -0.338. The molecule has 0 aliphatic carbocycles. The van der Waals surface area contributed by atoms with Gasteiger partial charge in [0.25, 0.3) is 5.91 Å². The molecule has 1 fully saturated rings. The van der Waals surface area contributed by atoms with E-state index in [1.165, 1.54) is 29.2 Å². The first kappa shape index (κ1) is 18.9. The minimum Gasteiger partial charge on any atom is -0.334 e. The number of halogens is 1. The highest BCUT2D eigenvalue weighted by atomic mass is 32.2. The fraction of sp³-hybridized carbons (Fsp3) is 0.368. The van der Waals surface area contributed by atoms with Crippen molar-refractivity contribution in [3.8, 4) is 0 Å². The van der Waals surface area contributed by atoms with Gasteiger partial charge in [0.2, 0.25) is 5.91 Å². The first-order valence-electron chi connectivity index (χ1n) is 8.49. The zero-order valence-electron chi connectivity index (χ0n) is 14.7. The fourth-order valence-electron chi connectivity index (χ4n) is 2.98. The van der Waals surface area contributed by atoms with Crippen molar-refractivity contribution in [1.29, 1.82) is 0 Å². The van der Waals surface area contributed by atoms with E-state index in [2.05, 4.69) is 0 Å². The zero-order chi connectivity index (χ0) is 18.7. The Morgan fingerprint density at radius 2 is 2.08 bits per heavy atom. The van der Waals surface area contributed by atoms with Crippen LogP contribution >= 0.6 is 23.1 Å². The summed E-state index contributed by atoms with van der Waals surface area (Å²) in [5, 5.41) is 1.54. The average molecular weight is 393 g/mol. The first-order valence-corrected chi connectivity index (χ1v) is 10.4. The van der Waals surface area contributed by atoms with Crippen LogP contribution in [0.15, 0.2) is 41.8 Å². The Balaban J connectivity index is 1.74. The Bertz CT molecular complexity index is 780. The van der Waals surface area contributed by atoms with Crippen LogP contribution in [0.5, 0.6) is 0 Å². The van der Waals surface area contributed by atoms with Gasteiger partial charge in [0.15, 0.2) is 0 Å². The molecule has 2 heterocycles. The maximum Gasteiger partial charge on any atom is 0.264 e. The van der Waals surface area contributed by atoms with E-state index in [1.807, 2.05) is 25.3 Å². The second kappa shape index (κ2) is 8.22. The summed E-state index contributed by atoms with van der Waals surface area (Å²) < 4.78 is 14.2. The third-order valence-corrected chi connectivity index (χ3v) is 6.43. The topological polar surface area (TPSA) is 40.6 Å². The highest BCUT2D eigenvalue weighted by Crippen LogP contribution is 2.39. The van der Waals surface area contributed by atoms with Crippen molar-refractivity contribution in [2.24, 2.45) is 0 Å². The van der Waals surface area contributed by atoms with Crippen molar-refractivity contribution in [3.63, 3.8) is 0 Å². The van der Waals surface area contributed by atoms with Gasteiger partial charge in [0.05, 0.1) is 10.6 Å². The van der Waals surface area contributed by atoms with Gasteiger partial charge in [0, 0.05) is 24.7 Å². The summed E-state index contributed by atoms with van der Waals surface area (Å²) in [5.41, 5.74) is 0.518. The fourth-order valence-corrected chi connectivity index (χ4v) is 4.90. The van der Waals surface area contributed by atoms with Crippen LogP contribution in [0.25, 0.3) is 0 Å². The second-order valence-electron chi connectivity index (χ2n) is 6.34. The Labute approximate surface area is 161 Å². The molecule has 2 amide bonds. The maximum absolute atomic E-state index is 14.2. The summed E-state index contributed by atoms with van der Waals surface area (Å²) in [5.74, 6) is -0.0214. The van der Waals surface area contributed by atoms with Gasteiger partial charge in [-0.15, -0.1) is 23.1 Å². The molecular weight excluding hydrogens is 371 g/mol. The van der Waals surface area contributed by atoms with Crippen LogP contribution < -0.4 is 0 Å². The lowest BCUT2D eigenvalue weighted by molar-refractivity contribution is -0.128. The van der Waals surface area contributed by atoms with Gasteiger partial charge >= 0.3 is 0 Å². The molecule has 1 aromatic carbocycles. The largest absolute Gasteiger partial charge is 0.334 e. The summed E-state index contributed by atoms with van der Waals surface area (Å²) >= 11 is 2.84. The number of thioether (sulfide) groups is 1. The number of carbonyl (C=O) groups excluding carboxylic acids is 2. The van der Waals surface area contributed by atoms with Gasteiger partial charge in [-0.1, -0.05) is 24.3 Å². The molecule has 4 nitrogen and oxygen atoms in total. The van der Waals surface area contributed by atoms with Crippen molar-refractivity contribution in [3.05, 3.63) is 58.0 Å². The van der Waals surface area contributed by atoms with Crippen LogP contribution in [-0.2, 0) is 4.79 Å². The van der Waals surface area contributed by atoms with Crippen LogP contribution in [0.2, 0.25) is 0 Å². The van der Waals surface area contributed by atoms with E-state index in [1.54, 1.807) is 34.1 Å². The molecule has 0 spiro atoms. The predicted octanol–water partition coefficient (Wildman–Crippen LogP) is 4.01. The molecule has 1 aliphatic heterocycles. The Hall–Kier alpha value is -1.86. The van der Waals surface area contributed by atoms with Gasteiger partial charge in [-0.25, -0.2) is 4.39 Å². The summed E-state index contributed by atoms with van der Waals surface area (Å²) in [6.07, 6.45) is 0. The molecule has 0 saturated carbocycles. The van der Waals surface area contributed by atoms with Crippen molar-refractivity contribution in [2.75, 3.05) is 18.8 Å². The minimum absolute atomic E-state index is 0.0156. The van der Waals surface area contributed by atoms with Gasteiger partial charge in [-0.3, -0.25) is 9.59 Å². The Morgan fingerprint density at radius 1 is 1.31 bits per heavy atom. The molecule has 1 saturated heterocycles. The van der Waals surface area contributed by atoms with Crippen molar-refractivity contribution in [1.82, 2.24) is 9.80 Å². The molecule has 1 aliphatic rings. The summed E-state index contributed by atoms with van der Waals surface area (Å²) in [4.78, 5) is 29.2. The standard InChI is InChI=1S/C19H21FN2O2S2/c1-13(2)21(18(24)16-8-5-11-25-16)9-10-22-17(23)12-26-19(22)14-6-3-4-7-15(14)20/h3-8,11,13,19H,9-10,12H2,1-2H3. The number of rotatable bonds is 6. The number of hydrogen-bond donors (Lipinski definition) is 0. The second-order valence-corrected chi connectivity index (χ2v) is 8.36. The van der Waals surface area contributed by atoms with E-state index >= 15 is 0 Å². The molecule has 138 valence electrons. The highest BCUT2D eigenvalue weighted by molar-refractivity contribution is 8.00. The van der Waals surface area contributed by atoms with Crippen LogP contribution in [0.4, 0.5) is 4.39 Å². The number of thiophene rings is 1. The lowest BCUT2D eigenvalue weighted by atomic mass is 10.2. The van der Waals surface area contributed by atoms with Gasteiger partial charge in [-0.05, 0) is 31.4 Å².